The quantitative estimate of drug-likeness (QED) is 0.869. The van der Waals surface area contributed by atoms with E-state index in [1.807, 2.05) is 0 Å². The molecule has 0 spiro atoms. The SMILES string of the molecule is FC(F)(F)c1cc(Nc2ccccc2Cl)nc(NC2CC2)n1. The van der Waals surface area contributed by atoms with Gasteiger partial charge in [0.1, 0.15) is 5.82 Å². The topological polar surface area (TPSA) is 49.8 Å². The zero-order valence-electron chi connectivity index (χ0n) is 11.3. The minimum Gasteiger partial charge on any atom is -0.351 e. The molecule has 116 valence electrons. The fourth-order valence-electron chi connectivity index (χ4n) is 1.83. The number of nitrogens with zero attached hydrogens (tertiary/aromatic N) is 2. The average Bonchev–Trinajstić information content (AvgIpc) is 3.24. The smallest absolute Gasteiger partial charge is 0.351 e. The lowest BCUT2D eigenvalue weighted by Gasteiger charge is -2.13. The van der Waals surface area contributed by atoms with Crippen molar-refractivity contribution in [3.63, 3.8) is 0 Å². The van der Waals surface area contributed by atoms with E-state index in [1.54, 1.807) is 24.3 Å². The van der Waals surface area contributed by atoms with Crippen molar-refractivity contribution in [2.24, 2.45) is 0 Å². The van der Waals surface area contributed by atoms with Crippen LogP contribution in [0.2, 0.25) is 5.02 Å². The molecule has 2 aromatic rings. The highest BCUT2D eigenvalue weighted by Gasteiger charge is 2.34. The number of hydrogen-bond donors (Lipinski definition) is 2. The predicted molar refractivity (Wildman–Crippen MR) is 78.4 cm³/mol. The highest BCUT2D eigenvalue weighted by molar-refractivity contribution is 6.33. The molecule has 0 unspecified atom stereocenters. The minimum atomic E-state index is -4.54. The van der Waals surface area contributed by atoms with E-state index >= 15 is 0 Å². The summed E-state index contributed by atoms with van der Waals surface area (Å²) in [5.41, 5.74) is -0.520. The highest BCUT2D eigenvalue weighted by Crippen LogP contribution is 2.32. The van der Waals surface area contributed by atoms with Crippen molar-refractivity contribution in [1.29, 1.82) is 0 Å². The van der Waals surface area contributed by atoms with E-state index in [0.29, 0.717) is 10.7 Å². The number of halogens is 4. The number of alkyl halides is 3. The van der Waals surface area contributed by atoms with Crippen LogP contribution in [0.1, 0.15) is 18.5 Å². The monoisotopic (exact) mass is 328 g/mol. The summed E-state index contributed by atoms with van der Waals surface area (Å²) < 4.78 is 38.8. The second-order valence-corrected chi connectivity index (χ2v) is 5.39. The molecule has 0 amide bonds. The zero-order valence-corrected chi connectivity index (χ0v) is 12.0. The maximum atomic E-state index is 12.9. The van der Waals surface area contributed by atoms with Crippen molar-refractivity contribution in [2.75, 3.05) is 10.6 Å². The molecule has 2 N–H and O–H groups in total. The molecule has 0 bridgehead atoms. The van der Waals surface area contributed by atoms with E-state index < -0.39 is 11.9 Å². The summed E-state index contributed by atoms with van der Waals surface area (Å²) in [6.07, 6.45) is -2.72. The van der Waals surface area contributed by atoms with Crippen LogP contribution in [0, 0.1) is 0 Å². The summed E-state index contributed by atoms with van der Waals surface area (Å²) in [5.74, 6) is 0.00505. The third-order valence-electron chi connectivity index (χ3n) is 3.06. The molecule has 1 aromatic heterocycles. The fourth-order valence-corrected chi connectivity index (χ4v) is 2.01. The molecule has 1 fully saturated rings. The van der Waals surface area contributed by atoms with Gasteiger partial charge in [0.2, 0.25) is 5.95 Å². The zero-order chi connectivity index (χ0) is 15.7. The Labute approximate surface area is 129 Å². The lowest BCUT2D eigenvalue weighted by molar-refractivity contribution is -0.141. The van der Waals surface area contributed by atoms with Crippen molar-refractivity contribution in [3.8, 4) is 0 Å². The van der Waals surface area contributed by atoms with Crippen LogP contribution in [0.4, 0.5) is 30.6 Å². The molecule has 4 nitrogen and oxygen atoms in total. The van der Waals surface area contributed by atoms with Gasteiger partial charge in [0.15, 0.2) is 5.69 Å². The van der Waals surface area contributed by atoms with Gasteiger partial charge in [-0.25, -0.2) is 4.98 Å². The molecule has 0 aliphatic heterocycles. The molecule has 1 aromatic carbocycles. The van der Waals surface area contributed by atoms with Gasteiger partial charge in [-0.15, -0.1) is 0 Å². The van der Waals surface area contributed by atoms with Crippen LogP contribution >= 0.6 is 11.6 Å². The van der Waals surface area contributed by atoms with Crippen molar-refractivity contribution < 1.29 is 13.2 Å². The van der Waals surface area contributed by atoms with Gasteiger partial charge in [-0.3, -0.25) is 0 Å². The van der Waals surface area contributed by atoms with Gasteiger partial charge >= 0.3 is 6.18 Å². The molecule has 1 aliphatic carbocycles. The molecule has 0 saturated heterocycles. The number of aromatic nitrogens is 2. The number of anilines is 3. The first-order valence-electron chi connectivity index (χ1n) is 6.66. The molecule has 1 heterocycles. The summed E-state index contributed by atoms with van der Waals surface area (Å²) in [5, 5.41) is 6.06. The summed E-state index contributed by atoms with van der Waals surface area (Å²) >= 11 is 5.99. The first-order valence-corrected chi connectivity index (χ1v) is 7.04. The van der Waals surface area contributed by atoms with E-state index in [2.05, 4.69) is 20.6 Å². The number of para-hydroxylation sites is 1. The van der Waals surface area contributed by atoms with Crippen LogP contribution < -0.4 is 10.6 Å². The summed E-state index contributed by atoms with van der Waals surface area (Å²) in [4.78, 5) is 7.60. The minimum absolute atomic E-state index is 0.0353. The molecule has 0 atom stereocenters. The van der Waals surface area contributed by atoms with Crippen LogP contribution in [0.3, 0.4) is 0 Å². The molecule has 0 radical (unpaired) electrons. The normalized spacial score (nSPS) is 14.7. The highest BCUT2D eigenvalue weighted by atomic mass is 35.5. The molecule has 1 aliphatic rings. The van der Waals surface area contributed by atoms with Crippen LogP contribution in [-0.2, 0) is 6.18 Å². The Morgan fingerprint density at radius 3 is 2.50 bits per heavy atom. The summed E-state index contributed by atoms with van der Waals surface area (Å²) in [6.45, 7) is 0. The van der Waals surface area contributed by atoms with Gasteiger partial charge in [-0.05, 0) is 25.0 Å². The van der Waals surface area contributed by atoms with Gasteiger partial charge in [-0.1, -0.05) is 23.7 Å². The van der Waals surface area contributed by atoms with Gasteiger partial charge in [-0.2, -0.15) is 18.2 Å². The predicted octanol–water partition coefficient (Wildman–Crippen LogP) is 4.47. The van der Waals surface area contributed by atoms with Crippen molar-refractivity contribution >= 4 is 29.1 Å². The Morgan fingerprint density at radius 1 is 1.14 bits per heavy atom. The maximum absolute atomic E-state index is 12.9. The van der Waals surface area contributed by atoms with E-state index in [9.17, 15) is 13.2 Å². The Morgan fingerprint density at radius 2 is 1.86 bits per heavy atom. The maximum Gasteiger partial charge on any atom is 0.433 e. The Kier molecular flexibility index (Phi) is 3.82. The van der Waals surface area contributed by atoms with Gasteiger partial charge < -0.3 is 10.6 Å². The number of hydrogen-bond acceptors (Lipinski definition) is 4. The van der Waals surface area contributed by atoms with E-state index in [0.717, 1.165) is 18.9 Å². The van der Waals surface area contributed by atoms with E-state index in [4.69, 9.17) is 11.6 Å². The molecular formula is C14H12ClF3N4. The molecule has 8 heteroatoms. The Bertz CT molecular complexity index is 686. The second kappa shape index (κ2) is 5.64. The third kappa shape index (κ3) is 3.59. The molecule has 22 heavy (non-hydrogen) atoms. The van der Waals surface area contributed by atoms with E-state index in [1.165, 1.54) is 0 Å². The number of rotatable bonds is 4. The number of nitrogens with one attached hydrogen (secondary N) is 2. The van der Waals surface area contributed by atoms with Crippen LogP contribution in [0.5, 0.6) is 0 Å². The van der Waals surface area contributed by atoms with Gasteiger partial charge in [0, 0.05) is 12.1 Å². The number of benzene rings is 1. The molecule has 1 saturated carbocycles. The first-order chi connectivity index (χ1) is 10.4. The summed E-state index contributed by atoms with van der Waals surface area (Å²) in [6, 6.07) is 7.77. The van der Waals surface area contributed by atoms with Crippen LogP contribution in [-0.4, -0.2) is 16.0 Å². The second-order valence-electron chi connectivity index (χ2n) is 4.98. The fraction of sp³-hybridized carbons (Fsp3) is 0.286. The largest absolute Gasteiger partial charge is 0.433 e. The molecule has 3 rings (SSSR count). The summed E-state index contributed by atoms with van der Waals surface area (Å²) in [7, 11) is 0. The Hall–Kier alpha value is -2.02. The molecular weight excluding hydrogens is 317 g/mol. The third-order valence-corrected chi connectivity index (χ3v) is 3.39. The van der Waals surface area contributed by atoms with Crippen LogP contribution in [0.25, 0.3) is 0 Å². The van der Waals surface area contributed by atoms with Crippen LogP contribution in [0.15, 0.2) is 30.3 Å². The first kappa shape index (κ1) is 14.9. The van der Waals surface area contributed by atoms with Crippen molar-refractivity contribution in [1.82, 2.24) is 9.97 Å². The van der Waals surface area contributed by atoms with Gasteiger partial charge in [0.05, 0.1) is 10.7 Å². The lowest BCUT2D eigenvalue weighted by atomic mass is 10.3. The average molecular weight is 329 g/mol. The van der Waals surface area contributed by atoms with Crippen molar-refractivity contribution in [2.45, 2.75) is 25.1 Å². The van der Waals surface area contributed by atoms with Gasteiger partial charge in [0.25, 0.3) is 0 Å². The standard InChI is InChI=1S/C14H12ClF3N4/c15-9-3-1-2-4-10(9)20-12-7-11(14(16,17)18)21-13(22-12)19-8-5-6-8/h1-4,7-8H,5-6H2,(H2,19,20,21,22). The Balaban J connectivity index is 1.93. The van der Waals surface area contributed by atoms with Crippen molar-refractivity contribution in [3.05, 3.63) is 41.0 Å². The van der Waals surface area contributed by atoms with E-state index in [-0.39, 0.29) is 17.8 Å². The lowest BCUT2D eigenvalue weighted by Crippen LogP contribution is -2.14.